The number of nitrogens with one attached hydrogen (secondary N) is 1. The van der Waals surface area contributed by atoms with Gasteiger partial charge in [0.2, 0.25) is 17.7 Å². The molecular formula is C13H21N5O3. The fourth-order valence-electron chi connectivity index (χ4n) is 2.20. The number of rotatable bonds is 4. The number of likely N-dealkylation sites (N-methyl/N-ethyl adjacent to an activating group) is 1. The lowest BCUT2D eigenvalue weighted by molar-refractivity contribution is -0.134. The van der Waals surface area contributed by atoms with Gasteiger partial charge >= 0.3 is 0 Å². The van der Waals surface area contributed by atoms with Gasteiger partial charge in [0.25, 0.3) is 0 Å². The molecule has 1 saturated heterocycles. The Morgan fingerprint density at radius 1 is 1.43 bits per heavy atom. The van der Waals surface area contributed by atoms with Crippen LogP contribution in [-0.2, 0) is 21.7 Å². The largest absolute Gasteiger partial charge is 0.344 e. The van der Waals surface area contributed by atoms with Gasteiger partial charge in [0.15, 0.2) is 5.82 Å². The number of hydrogen-bond acceptors (Lipinski definition) is 6. The van der Waals surface area contributed by atoms with Crippen LogP contribution in [-0.4, -0.2) is 58.4 Å². The van der Waals surface area contributed by atoms with E-state index in [4.69, 9.17) is 4.52 Å². The van der Waals surface area contributed by atoms with Crippen LogP contribution in [0.1, 0.15) is 32.5 Å². The molecule has 8 heteroatoms. The lowest BCUT2D eigenvalue weighted by Crippen LogP contribution is -2.48. The summed E-state index contributed by atoms with van der Waals surface area (Å²) >= 11 is 0. The smallest absolute Gasteiger partial charge is 0.240 e. The number of carbonyl (C=O) groups excluding carboxylic acids is 2. The number of amides is 2. The molecule has 1 N–H and O–H groups in total. The average Bonchev–Trinajstić information content (AvgIpc) is 2.82. The zero-order valence-corrected chi connectivity index (χ0v) is 12.8. The molecule has 1 aromatic rings. The Morgan fingerprint density at radius 2 is 2.14 bits per heavy atom. The Labute approximate surface area is 123 Å². The number of nitrogens with zero attached hydrogens (tertiary/aromatic N) is 4. The van der Waals surface area contributed by atoms with Crippen molar-refractivity contribution in [2.24, 2.45) is 0 Å². The highest BCUT2D eigenvalue weighted by molar-refractivity contribution is 5.78. The van der Waals surface area contributed by atoms with E-state index < -0.39 is 5.54 Å². The summed E-state index contributed by atoms with van der Waals surface area (Å²) in [5, 5.41) is 6.68. The van der Waals surface area contributed by atoms with Gasteiger partial charge < -0.3 is 14.7 Å². The quantitative estimate of drug-likeness (QED) is 0.821. The van der Waals surface area contributed by atoms with Crippen molar-refractivity contribution in [3.8, 4) is 0 Å². The Bertz CT molecular complexity index is 540. The third-order valence-electron chi connectivity index (χ3n) is 3.41. The standard InChI is InChI=1S/C13H21N5O3/c1-9(19)15-13(2,3)12-14-10(21-16-12)7-18-6-5-17(4)11(20)8-18/h5-8H2,1-4H3,(H,15,19). The second-order valence-corrected chi connectivity index (χ2v) is 5.84. The second kappa shape index (κ2) is 5.80. The molecule has 1 fully saturated rings. The van der Waals surface area contributed by atoms with Crippen LogP contribution < -0.4 is 5.32 Å². The number of carbonyl (C=O) groups is 2. The molecule has 0 radical (unpaired) electrons. The van der Waals surface area contributed by atoms with E-state index in [-0.39, 0.29) is 11.8 Å². The van der Waals surface area contributed by atoms with E-state index in [2.05, 4.69) is 15.5 Å². The van der Waals surface area contributed by atoms with Crippen LogP contribution in [0, 0.1) is 0 Å². The zero-order chi connectivity index (χ0) is 15.6. The highest BCUT2D eigenvalue weighted by atomic mass is 16.5. The van der Waals surface area contributed by atoms with Crippen molar-refractivity contribution in [2.75, 3.05) is 26.7 Å². The summed E-state index contributed by atoms with van der Waals surface area (Å²) in [5.74, 6) is 0.796. The third-order valence-corrected chi connectivity index (χ3v) is 3.41. The lowest BCUT2D eigenvalue weighted by atomic mass is 10.1. The maximum absolute atomic E-state index is 11.7. The second-order valence-electron chi connectivity index (χ2n) is 5.84. The normalized spacial score (nSPS) is 17.1. The Hall–Kier alpha value is -1.96. The fraction of sp³-hybridized carbons (Fsp3) is 0.692. The molecule has 0 aliphatic carbocycles. The van der Waals surface area contributed by atoms with E-state index in [9.17, 15) is 9.59 Å². The summed E-state index contributed by atoms with van der Waals surface area (Å²) < 4.78 is 5.22. The minimum absolute atomic E-state index is 0.0829. The fourth-order valence-corrected chi connectivity index (χ4v) is 2.20. The molecule has 1 aromatic heterocycles. The summed E-state index contributed by atoms with van der Waals surface area (Å²) in [6, 6.07) is 0. The van der Waals surface area contributed by atoms with Gasteiger partial charge in [0.1, 0.15) is 0 Å². The molecule has 0 atom stereocenters. The van der Waals surface area contributed by atoms with Crippen molar-refractivity contribution >= 4 is 11.8 Å². The van der Waals surface area contributed by atoms with Crippen molar-refractivity contribution < 1.29 is 14.1 Å². The van der Waals surface area contributed by atoms with Crippen LogP contribution in [0.2, 0.25) is 0 Å². The van der Waals surface area contributed by atoms with Crippen LogP contribution in [0.4, 0.5) is 0 Å². The van der Waals surface area contributed by atoms with E-state index in [1.165, 1.54) is 6.92 Å². The summed E-state index contributed by atoms with van der Waals surface area (Å²) in [6.07, 6.45) is 0. The molecule has 1 aliphatic rings. The van der Waals surface area contributed by atoms with Gasteiger partial charge in [-0.1, -0.05) is 5.16 Å². The first-order chi connectivity index (χ1) is 9.78. The third kappa shape index (κ3) is 3.78. The molecule has 116 valence electrons. The Kier molecular flexibility index (Phi) is 4.26. The van der Waals surface area contributed by atoms with Gasteiger partial charge in [-0.3, -0.25) is 14.5 Å². The van der Waals surface area contributed by atoms with Crippen LogP contribution in [0.3, 0.4) is 0 Å². The average molecular weight is 295 g/mol. The number of piperazine rings is 1. The molecule has 21 heavy (non-hydrogen) atoms. The SMILES string of the molecule is CC(=O)NC(C)(C)c1noc(CN2CCN(C)C(=O)C2)n1. The first kappa shape index (κ1) is 15.4. The van der Waals surface area contributed by atoms with Crippen LogP contribution >= 0.6 is 0 Å². The lowest BCUT2D eigenvalue weighted by Gasteiger charge is -2.30. The van der Waals surface area contributed by atoms with E-state index in [0.29, 0.717) is 31.3 Å². The molecule has 0 unspecified atom stereocenters. The van der Waals surface area contributed by atoms with Gasteiger partial charge in [-0.2, -0.15) is 4.98 Å². The van der Waals surface area contributed by atoms with E-state index in [1.54, 1.807) is 11.9 Å². The Balaban J connectivity index is 2.00. The Morgan fingerprint density at radius 3 is 2.76 bits per heavy atom. The molecule has 2 heterocycles. The van der Waals surface area contributed by atoms with Crippen LogP contribution in [0.15, 0.2) is 4.52 Å². The monoisotopic (exact) mass is 295 g/mol. The summed E-state index contributed by atoms with van der Waals surface area (Å²) in [5.41, 5.74) is -0.689. The van der Waals surface area contributed by atoms with Gasteiger partial charge in [-0.05, 0) is 13.8 Å². The van der Waals surface area contributed by atoms with Gasteiger partial charge in [0.05, 0.1) is 18.6 Å². The van der Waals surface area contributed by atoms with Crippen molar-refractivity contribution in [1.82, 2.24) is 25.3 Å². The summed E-state index contributed by atoms with van der Waals surface area (Å²) in [4.78, 5) is 30.8. The molecule has 0 aromatic carbocycles. The topological polar surface area (TPSA) is 91.6 Å². The molecule has 0 saturated carbocycles. The molecule has 2 amide bonds. The van der Waals surface area contributed by atoms with Crippen LogP contribution in [0.25, 0.3) is 0 Å². The summed E-state index contributed by atoms with van der Waals surface area (Å²) in [7, 11) is 1.79. The highest BCUT2D eigenvalue weighted by Crippen LogP contribution is 2.17. The number of hydrogen-bond donors (Lipinski definition) is 1. The first-order valence-corrected chi connectivity index (χ1v) is 6.86. The number of aromatic nitrogens is 2. The van der Waals surface area contributed by atoms with Crippen LogP contribution in [0.5, 0.6) is 0 Å². The van der Waals surface area contributed by atoms with Crippen molar-refractivity contribution in [2.45, 2.75) is 32.9 Å². The minimum Gasteiger partial charge on any atom is -0.344 e. The van der Waals surface area contributed by atoms with E-state index >= 15 is 0 Å². The predicted molar refractivity (Wildman–Crippen MR) is 74.1 cm³/mol. The maximum Gasteiger partial charge on any atom is 0.240 e. The van der Waals surface area contributed by atoms with Gasteiger partial charge in [-0.15, -0.1) is 0 Å². The maximum atomic E-state index is 11.7. The van der Waals surface area contributed by atoms with E-state index in [1.807, 2.05) is 18.7 Å². The zero-order valence-electron chi connectivity index (χ0n) is 12.8. The van der Waals surface area contributed by atoms with Gasteiger partial charge in [0, 0.05) is 27.1 Å². The molecule has 8 nitrogen and oxygen atoms in total. The predicted octanol–water partition coefficient (Wildman–Crippen LogP) is -0.285. The first-order valence-electron chi connectivity index (χ1n) is 6.86. The molecule has 1 aliphatic heterocycles. The molecule has 0 bridgehead atoms. The minimum atomic E-state index is -0.689. The van der Waals surface area contributed by atoms with Crippen molar-refractivity contribution in [3.63, 3.8) is 0 Å². The highest BCUT2D eigenvalue weighted by Gasteiger charge is 2.28. The molecular weight excluding hydrogens is 274 g/mol. The van der Waals surface area contributed by atoms with Crippen molar-refractivity contribution in [1.29, 1.82) is 0 Å². The molecule has 0 spiro atoms. The van der Waals surface area contributed by atoms with E-state index in [0.717, 1.165) is 6.54 Å². The van der Waals surface area contributed by atoms with Gasteiger partial charge in [-0.25, -0.2) is 0 Å². The summed E-state index contributed by atoms with van der Waals surface area (Å²) in [6.45, 7) is 7.31. The molecule has 2 rings (SSSR count). The van der Waals surface area contributed by atoms with Crippen molar-refractivity contribution in [3.05, 3.63) is 11.7 Å².